The lowest BCUT2D eigenvalue weighted by molar-refractivity contribution is 0.0805. The summed E-state index contributed by atoms with van der Waals surface area (Å²) in [6.07, 6.45) is 0. The molecule has 0 spiro atoms. The molecule has 6 heteroatoms. The Balaban J connectivity index is 2.59. The molecule has 1 aromatic carbocycles. The third kappa shape index (κ3) is 5.39. The predicted molar refractivity (Wildman–Crippen MR) is 72.4 cm³/mol. The summed E-state index contributed by atoms with van der Waals surface area (Å²) >= 11 is 0. The van der Waals surface area contributed by atoms with Crippen molar-refractivity contribution < 1.29 is 13.5 Å². The van der Waals surface area contributed by atoms with Crippen LogP contribution in [0.25, 0.3) is 0 Å². The van der Waals surface area contributed by atoms with Crippen LogP contribution in [0.2, 0.25) is 0 Å². The molecule has 0 bridgehead atoms. The van der Waals surface area contributed by atoms with Gasteiger partial charge in [-0.1, -0.05) is 0 Å². The lowest BCUT2D eigenvalue weighted by Crippen LogP contribution is -2.36. The summed E-state index contributed by atoms with van der Waals surface area (Å²) in [6, 6.07) is 7.77. The number of nitrogens with zero attached hydrogens (tertiary/aromatic N) is 1. The number of sulfone groups is 1. The maximum Gasteiger partial charge on any atom is 0.179 e. The van der Waals surface area contributed by atoms with Gasteiger partial charge in [0, 0.05) is 13.1 Å². The van der Waals surface area contributed by atoms with Crippen LogP contribution in [0.3, 0.4) is 0 Å². The molecule has 5 nitrogen and oxygen atoms in total. The van der Waals surface area contributed by atoms with Gasteiger partial charge in [0.15, 0.2) is 9.84 Å². The van der Waals surface area contributed by atoms with E-state index in [1.165, 1.54) is 24.3 Å². The number of nitriles is 1. The number of aliphatic hydroxyl groups is 1. The molecule has 0 radical (unpaired) electrons. The van der Waals surface area contributed by atoms with Crippen LogP contribution in [0.4, 0.5) is 0 Å². The standard InChI is InChI=1S/C13H18N2O3S/c1-13(2,16)10-15-7-8-19(17,18)12-5-3-11(9-14)4-6-12/h3-6,15-16H,7-8,10H2,1-2H3. The number of nitrogens with one attached hydrogen (secondary N) is 1. The van der Waals surface area contributed by atoms with Gasteiger partial charge in [-0.15, -0.1) is 0 Å². The summed E-state index contributed by atoms with van der Waals surface area (Å²) in [7, 11) is -3.36. The molecule has 1 aromatic rings. The maximum absolute atomic E-state index is 12.0. The SMILES string of the molecule is CC(C)(O)CNCCS(=O)(=O)c1ccc(C#N)cc1. The third-order valence-electron chi connectivity index (χ3n) is 2.45. The minimum absolute atomic E-state index is 0.0466. The normalized spacial score (nSPS) is 12.1. The molecule has 0 amide bonds. The van der Waals surface area contributed by atoms with Gasteiger partial charge in [-0.3, -0.25) is 0 Å². The highest BCUT2D eigenvalue weighted by atomic mass is 32.2. The Bertz CT molecular complexity index is 551. The minimum Gasteiger partial charge on any atom is -0.389 e. The summed E-state index contributed by atoms with van der Waals surface area (Å²) in [4.78, 5) is 0.205. The van der Waals surface area contributed by atoms with E-state index < -0.39 is 15.4 Å². The topological polar surface area (TPSA) is 90.2 Å². The van der Waals surface area contributed by atoms with Gasteiger partial charge in [-0.2, -0.15) is 5.26 Å². The van der Waals surface area contributed by atoms with Crippen molar-refractivity contribution in [2.75, 3.05) is 18.8 Å². The molecule has 0 atom stereocenters. The van der Waals surface area contributed by atoms with E-state index in [9.17, 15) is 13.5 Å². The molecule has 0 aliphatic heterocycles. The maximum atomic E-state index is 12.0. The van der Waals surface area contributed by atoms with Crippen molar-refractivity contribution in [2.24, 2.45) is 0 Å². The highest BCUT2D eigenvalue weighted by Gasteiger charge is 2.15. The zero-order chi connectivity index (χ0) is 14.5. The number of hydrogen-bond donors (Lipinski definition) is 2. The van der Waals surface area contributed by atoms with Crippen LogP contribution < -0.4 is 5.32 Å². The van der Waals surface area contributed by atoms with Gasteiger partial charge in [-0.25, -0.2) is 8.42 Å². The lowest BCUT2D eigenvalue weighted by Gasteiger charge is -2.17. The van der Waals surface area contributed by atoms with Gasteiger partial charge in [0.05, 0.1) is 27.9 Å². The lowest BCUT2D eigenvalue weighted by atomic mass is 10.1. The smallest absolute Gasteiger partial charge is 0.179 e. The van der Waals surface area contributed by atoms with E-state index in [0.29, 0.717) is 12.1 Å². The van der Waals surface area contributed by atoms with Crippen molar-refractivity contribution in [1.82, 2.24) is 5.32 Å². The Kier molecular flexibility index (Phi) is 5.06. The van der Waals surface area contributed by atoms with Gasteiger partial charge < -0.3 is 10.4 Å². The van der Waals surface area contributed by atoms with Crippen molar-refractivity contribution >= 4 is 9.84 Å². The van der Waals surface area contributed by atoms with E-state index in [0.717, 1.165) is 0 Å². The second-order valence-electron chi connectivity index (χ2n) is 4.94. The number of hydrogen-bond acceptors (Lipinski definition) is 5. The average molecular weight is 282 g/mol. The molecule has 2 N–H and O–H groups in total. The molecule has 1 rings (SSSR count). The van der Waals surface area contributed by atoms with Gasteiger partial charge in [-0.05, 0) is 38.1 Å². The van der Waals surface area contributed by atoms with E-state index in [1.54, 1.807) is 13.8 Å². The molecule has 104 valence electrons. The Morgan fingerprint density at radius 1 is 1.32 bits per heavy atom. The summed E-state index contributed by atoms with van der Waals surface area (Å²) < 4.78 is 23.9. The Hall–Kier alpha value is -1.42. The van der Waals surface area contributed by atoms with Crippen molar-refractivity contribution in [1.29, 1.82) is 5.26 Å². The van der Waals surface area contributed by atoms with Crippen molar-refractivity contribution in [3.05, 3.63) is 29.8 Å². The number of rotatable bonds is 6. The van der Waals surface area contributed by atoms with Crippen molar-refractivity contribution in [2.45, 2.75) is 24.3 Å². The van der Waals surface area contributed by atoms with Gasteiger partial charge in [0.1, 0.15) is 0 Å². The molecule has 0 aliphatic carbocycles. The Morgan fingerprint density at radius 2 is 1.89 bits per heavy atom. The molecule has 19 heavy (non-hydrogen) atoms. The molecule has 0 aliphatic rings. The highest BCUT2D eigenvalue weighted by Crippen LogP contribution is 2.11. The largest absolute Gasteiger partial charge is 0.389 e. The quantitative estimate of drug-likeness (QED) is 0.749. The van der Waals surface area contributed by atoms with Gasteiger partial charge >= 0.3 is 0 Å². The van der Waals surface area contributed by atoms with E-state index in [4.69, 9.17) is 5.26 Å². The van der Waals surface area contributed by atoms with Gasteiger partial charge in [0.2, 0.25) is 0 Å². The van der Waals surface area contributed by atoms with Crippen LogP contribution in [-0.2, 0) is 9.84 Å². The average Bonchev–Trinajstić information content (AvgIpc) is 2.34. The summed E-state index contributed by atoms with van der Waals surface area (Å²) in [5.41, 5.74) is -0.433. The fourth-order valence-electron chi connectivity index (χ4n) is 1.46. The second kappa shape index (κ2) is 6.15. The summed E-state index contributed by atoms with van der Waals surface area (Å²) in [5, 5.41) is 21.0. The van der Waals surface area contributed by atoms with E-state index >= 15 is 0 Å². The summed E-state index contributed by atoms with van der Waals surface area (Å²) in [5.74, 6) is -0.0466. The summed E-state index contributed by atoms with van der Waals surface area (Å²) in [6.45, 7) is 3.90. The first-order chi connectivity index (χ1) is 8.74. The van der Waals surface area contributed by atoms with Crippen LogP contribution in [0.15, 0.2) is 29.2 Å². The molecule has 0 aromatic heterocycles. The van der Waals surface area contributed by atoms with E-state index in [1.807, 2.05) is 6.07 Å². The first kappa shape index (κ1) is 15.6. The van der Waals surface area contributed by atoms with Crippen LogP contribution in [0.1, 0.15) is 19.4 Å². The Labute approximate surface area is 113 Å². The minimum atomic E-state index is -3.36. The number of benzene rings is 1. The van der Waals surface area contributed by atoms with Crippen LogP contribution >= 0.6 is 0 Å². The third-order valence-corrected chi connectivity index (χ3v) is 4.18. The highest BCUT2D eigenvalue weighted by molar-refractivity contribution is 7.91. The fourth-order valence-corrected chi connectivity index (χ4v) is 2.66. The van der Waals surface area contributed by atoms with Crippen LogP contribution in [-0.4, -0.2) is 38.0 Å². The fraction of sp³-hybridized carbons (Fsp3) is 0.462. The molecule has 0 saturated carbocycles. The van der Waals surface area contributed by atoms with Crippen molar-refractivity contribution in [3.8, 4) is 6.07 Å². The molecule has 0 heterocycles. The first-order valence-corrected chi connectivity index (χ1v) is 7.56. The van der Waals surface area contributed by atoms with Crippen LogP contribution in [0.5, 0.6) is 0 Å². The van der Waals surface area contributed by atoms with Gasteiger partial charge in [0.25, 0.3) is 0 Å². The zero-order valence-corrected chi connectivity index (χ0v) is 11.9. The van der Waals surface area contributed by atoms with E-state index in [2.05, 4.69) is 5.32 Å². The first-order valence-electron chi connectivity index (χ1n) is 5.91. The monoisotopic (exact) mass is 282 g/mol. The molecule has 0 fully saturated rings. The van der Waals surface area contributed by atoms with Crippen molar-refractivity contribution in [3.63, 3.8) is 0 Å². The Morgan fingerprint density at radius 3 is 2.37 bits per heavy atom. The predicted octanol–water partition coefficient (Wildman–Crippen LogP) is 0.692. The molecule has 0 saturated heterocycles. The second-order valence-corrected chi connectivity index (χ2v) is 7.05. The zero-order valence-electron chi connectivity index (χ0n) is 11.0. The van der Waals surface area contributed by atoms with Crippen LogP contribution in [0, 0.1) is 11.3 Å². The van der Waals surface area contributed by atoms with E-state index in [-0.39, 0.29) is 17.2 Å². The molecule has 0 unspecified atom stereocenters. The molecular formula is C13H18N2O3S. The molecular weight excluding hydrogens is 264 g/mol.